The number of hydrogen-bond acceptors (Lipinski definition) is 5. The minimum Gasteiger partial charge on any atom is -0.497 e. The minimum absolute atomic E-state index is 0.136. The average molecular weight is 407 g/mol. The number of aromatic nitrogens is 1. The molecule has 0 saturated carbocycles. The topological polar surface area (TPSA) is 81.4 Å². The molecular weight excluding hydrogens is 388 g/mol. The van der Waals surface area contributed by atoms with Gasteiger partial charge < -0.3 is 9.15 Å². The number of halogens is 1. The molecule has 0 aliphatic heterocycles. The summed E-state index contributed by atoms with van der Waals surface area (Å²) in [5, 5.41) is 0.415. The molecule has 3 rings (SSSR count). The lowest BCUT2D eigenvalue weighted by atomic mass is 10.2. The van der Waals surface area contributed by atoms with E-state index >= 15 is 0 Å². The number of hydrogen-bond donors (Lipinski definition) is 1. The van der Waals surface area contributed by atoms with E-state index in [0.717, 1.165) is 16.9 Å². The predicted octanol–water partition coefficient (Wildman–Crippen LogP) is 3.83. The third kappa shape index (κ3) is 4.68. The lowest BCUT2D eigenvalue weighted by molar-refractivity contribution is 0.415. The molecule has 8 heteroatoms. The molecule has 0 amide bonds. The zero-order chi connectivity index (χ0) is 19.4. The SMILES string of the molecule is COc1ccc(-c2nc(CCNS(=O)(=O)c3ccc(C)c(Cl)c3)co2)cc1. The van der Waals surface area contributed by atoms with Crippen LogP contribution in [0.2, 0.25) is 5.02 Å². The molecule has 0 spiro atoms. The monoisotopic (exact) mass is 406 g/mol. The number of oxazole rings is 1. The number of methoxy groups -OCH3 is 1. The Kier molecular flexibility index (Phi) is 5.84. The number of sulfonamides is 1. The van der Waals surface area contributed by atoms with Crippen molar-refractivity contribution < 1.29 is 17.6 Å². The molecule has 0 fully saturated rings. The number of rotatable bonds is 7. The van der Waals surface area contributed by atoms with Crippen molar-refractivity contribution in [3.8, 4) is 17.2 Å². The van der Waals surface area contributed by atoms with Gasteiger partial charge in [-0.3, -0.25) is 0 Å². The van der Waals surface area contributed by atoms with Crippen molar-refractivity contribution in [3.05, 3.63) is 65.0 Å². The van der Waals surface area contributed by atoms with E-state index < -0.39 is 10.0 Å². The maximum atomic E-state index is 12.3. The van der Waals surface area contributed by atoms with Gasteiger partial charge in [-0.25, -0.2) is 18.1 Å². The van der Waals surface area contributed by atoms with E-state index in [1.54, 1.807) is 13.2 Å². The van der Waals surface area contributed by atoms with Crippen LogP contribution >= 0.6 is 11.6 Å². The van der Waals surface area contributed by atoms with Crippen LogP contribution in [0.25, 0.3) is 11.5 Å². The van der Waals surface area contributed by atoms with Crippen LogP contribution in [-0.2, 0) is 16.4 Å². The largest absolute Gasteiger partial charge is 0.497 e. The van der Waals surface area contributed by atoms with Gasteiger partial charge >= 0.3 is 0 Å². The van der Waals surface area contributed by atoms with Gasteiger partial charge in [0, 0.05) is 23.6 Å². The van der Waals surface area contributed by atoms with E-state index in [1.165, 1.54) is 18.4 Å². The van der Waals surface area contributed by atoms with Crippen molar-refractivity contribution in [1.29, 1.82) is 0 Å². The second-order valence-corrected chi connectivity index (χ2v) is 8.11. The molecule has 3 aromatic rings. The van der Waals surface area contributed by atoms with Crippen LogP contribution in [0.15, 0.2) is 58.0 Å². The zero-order valence-corrected chi connectivity index (χ0v) is 16.5. The highest BCUT2D eigenvalue weighted by Gasteiger charge is 2.15. The highest BCUT2D eigenvalue weighted by molar-refractivity contribution is 7.89. The molecule has 1 N–H and O–H groups in total. The van der Waals surface area contributed by atoms with Crippen LogP contribution in [0.4, 0.5) is 0 Å². The van der Waals surface area contributed by atoms with Gasteiger partial charge in [0.1, 0.15) is 12.0 Å². The maximum absolute atomic E-state index is 12.3. The molecule has 0 radical (unpaired) electrons. The van der Waals surface area contributed by atoms with E-state index in [1.807, 2.05) is 31.2 Å². The van der Waals surface area contributed by atoms with E-state index in [0.29, 0.717) is 23.0 Å². The predicted molar refractivity (Wildman–Crippen MR) is 104 cm³/mol. The molecule has 1 heterocycles. The molecule has 0 aliphatic rings. The molecule has 27 heavy (non-hydrogen) atoms. The molecule has 0 bridgehead atoms. The van der Waals surface area contributed by atoms with Crippen molar-refractivity contribution in [1.82, 2.24) is 9.71 Å². The summed E-state index contributed by atoms with van der Waals surface area (Å²) in [6, 6.07) is 12.0. The number of benzene rings is 2. The lowest BCUT2D eigenvalue weighted by Crippen LogP contribution is -2.26. The van der Waals surface area contributed by atoms with Crippen LogP contribution in [-0.4, -0.2) is 27.1 Å². The number of nitrogens with one attached hydrogen (secondary N) is 1. The molecular formula is C19H19ClN2O4S. The van der Waals surface area contributed by atoms with Gasteiger partial charge in [-0.15, -0.1) is 0 Å². The van der Waals surface area contributed by atoms with Crippen molar-refractivity contribution in [2.24, 2.45) is 0 Å². The van der Waals surface area contributed by atoms with Gasteiger partial charge in [0.15, 0.2) is 0 Å². The maximum Gasteiger partial charge on any atom is 0.240 e. The molecule has 0 aliphatic carbocycles. The Balaban J connectivity index is 1.62. The van der Waals surface area contributed by atoms with Crippen LogP contribution in [0.5, 0.6) is 5.75 Å². The van der Waals surface area contributed by atoms with Crippen molar-refractivity contribution in [3.63, 3.8) is 0 Å². The highest BCUT2D eigenvalue weighted by atomic mass is 35.5. The summed E-state index contributed by atoms with van der Waals surface area (Å²) in [6.45, 7) is 2.01. The van der Waals surface area contributed by atoms with Crippen molar-refractivity contribution in [2.75, 3.05) is 13.7 Å². The summed E-state index contributed by atoms with van der Waals surface area (Å²) in [4.78, 5) is 4.53. The normalized spacial score (nSPS) is 11.5. The zero-order valence-electron chi connectivity index (χ0n) is 14.9. The fourth-order valence-electron chi connectivity index (χ4n) is 2.43. The number of aryl methyl sites for hydroxylation is 1. The summed E-state index contributed by atoms with van der Waals surface area (Å²) in [7, 11) is -2.03. The Labute approximate surface area is 163 Å². The summed E-state index contributed by atoms with van der Waals surface area (Å²) >= 11 is 6.01. The average Bonchev–Trinajstić information content (AvgIpc) is 3.12. The van der Waals surface area contributed by atoms with Crippen molar-refractivity contribution in [2.45, 2.75) is 18.2 Å². The van der Waals surface area contributed by atoms with Crippen LogP contribution in [0, 0.1) is 6.92 Å². The first kappa shape index (κ1) is 19.4. The van der Waals surface area contributed by atoms with Gasteiger partial charge in [-0.1, -0.05) is 17.7 Å². The van der Waals surface area contributed by atoms with E-state index in [4.69, 9.17) is 20.8 Å². The van der Waals surface area contributed by atoms with Gasteiger partial charge in [0.05, 0.1) is 17.7 Å². The smallest absolute Gasteiger partial charge is 0.240 e. The summed E-state index contributed by atoms with van der Waals surface area (Å²) in [5.41, 5.74) is 2.30. The Hall–Kier alpha value is -2.35. The highest BCUT2D eigenvalue weighted by Crippen LogP contribution is 2.22. The van der Waals surface area contributed by atoms with Crippen molar-refractivity contribution >= 4 is 21.6 Å². The fraction of sp³-hybridized carbons (Fsp3) is 0.211. The molecule has 0 atom stereocenters. The Morgan fingerprint density at radius 3 is 2.59 bits per heavy atom. The first-order chi connectivity index (χ1) is 12.9. The lowest BCUT2D eigenvalue weighted by Gasteiger charge is -2.07. The van der Waals surface area contributed by atoms with Gasteiger partial charge in [-0.2, -0.15) is 0 Å². The standard InChI is InChI=1S/C19H19ClN2O4S/c1-13-3-8-17(11-18(13)20)27(23,24)21-10-9-15-12-26-19(22-15)14-4-6-16(25-2)7-5-14/h3-8,11-12,21H,9-10H2,1-2H3. The second-order valence-electron chi connectivity index (χ2n) is 5.93. The van der Waals surface area contributed by atoms with Gasteiger partial charge in [-0.05, 0) is 48.9 Å². The summed E-state index contributed by atoms with van der Waals surface area (Å²) < 4.78 is 37.8. The Bertz CT molecular complexity index is 1030. The third-order valence-electron chi connectivity index (χ3n) is 4.02. The van der Waals surface area contributed by atoms with Crippen LogP contribution in [0.1, 0.15) is 11.3 Å². The molecule has 142 valence electrons. The fourth-order valence-corrected chi connectivity index (χ4v) is 3.73. The molecule has 2 aromatic carbocycles. The van der Waals surface area contributed by atoms with E-state index in [-0.39, 0.29) is 11.4 Å². The number of nitrogens with zero attached hydrogens (tertiary/aromatic N) is 1. The molecule has 1 aromatic heterocycles. The van der Waals surface area contributed by atoms with Crippen LogP contribution in [0.3, 0.4) is 0 Å². The number of ether oxygens (including phenoxy) is 1. The Morgan fingerprint density at radius 2 is 1.93 bits per heavy atom. The summed E-state index contributed by atoms with van der Waals surface area (Å²) in [6.07, 6.45) is 1.93. The first-order valence-electron chi connectivity index (χ1n) is 8.24. The Morgan fingerprint density at radius 1 is 1.19 bits per heavy atom. The minimum atomic E-state index is -3.63. The molecule has 0 unspecified atom stereocenters. The third-order valence-corrected chi connectivity index (χ3v) is 5.88. The van der Waals surface area contributed by atoms with Gasteiger partial charge in [0.2, 0.25) is 15.9 Å². The van der Waals surface area contributed by atoms with E-state index in [2.05, 4.69) is 9.71 Å². The molecule has 6 nitrogen and oxygen atoms in total. The van der Waals surface area contributed by atoms with Gasteiger partial charge in [0.25, 0.3) is 0 Å². The van der Waals surface area contributed by atoms with E-state index in [9.17, 15) is 8.42 Å². The van der Waals surface area contributed by atoms with Crippen LogP contribution < -0.4 is 9.46 Å². The quantitative estimate of drug-likeness (QED) is 0.644. The second kappa shape index (κ2) is 8.12. The first-order valence-corrected chi connectivity index (χ1v) is 10.1. The molecule has 0 saturated heterocycles. The summed E-state index contributed by atoms with van der Waals surface area (Å²) in [5.74, 6) is 1.22.